The van der Waals surface area contributed by atoms with Crippen LogP contribution in [0.5, 0.6) is 0 Å². The molecule has 0 aromatic heterocycles. The number of carbonyl (C=O) groups is 2. The minimum Gasteiger partial charge on any atom is -0.339 e. The first-order valence-corrected chi connectivity index (χ1v) is 6.54. The Balaban J connectivity index is 0.00000200. The molecule has 5 nitrogen and oxygen atoms in total. The molecule has 0 atom stereocenters. The summed E-state index contributed by atoms with van der Waals surface area (Å²) in [6.07, 6.45) is 0.382. The summed E-state index contributed by atoms with van der Waals surface area (Å²) in [5.74, 6) is 0.112. The summed E-state index contributed by atoms with van der Waals surface area (Å²) in [6, 6.07) is 9.23. The zero-order chi connectivity index (χ0) is 13.7. The fraction of sp³-hybridized carbons (Fsp3) is 0.429. The zero-order valence-electron chi connectivity index (χ0n) is 11.3. The summed E-state index contributed by atoms with van der Waals surface area (Å²) in [4.78, 5) is 27.5. The first-order valence-electron chi connectivity index (χ1n) is 6.54. The number of piperazine rings is 1. The molecule has 0 aliphatic carbocycles. The second kappa shape index (κ2) is 7.87. The van der Waals surface area contributed by atoms with E-state index in [-0.39, 0.29) is 24.2 Å². The Labute approximate surface area is 125 Å². The van der Waals surface area contributed by atoms with Crippen molar-refractivity contribution in [2.24, 2.45) is 5.73 Å². The average Bonchev–Trinajstić information content (AvgIpc) is 2.48. The fourth-order valence-electron chi connectivity index (χ4n) is 2.20. The summed E-state index contributed by atoms with van der Waals surface area (Å²) in [5.41, 5.74) is 6.07. The maximum Gasteiger partial charge on any atom is 0.253 e. The van der Waals surface area contributed by atoms with Gasteiger partial charge in [0.2, 0.25) is 5.91 Å². The van der Waals surface area contributed by atoms with Gasteiger partial charge in [-0.3, -0.25) is 9.59 Å². The maximum atomic E-state index is 12.2. The van der Waals surface area contributed by atoms with Crippen LogP contribution in [-0.2, 0) is 4.79 Å². The van der Waals surface area contributed by atoms with E-state index in [1.807, 2.05) is 30.3 Å². The van der Waals surface area contributed by atoms with Crippen molar-refractivity contribution in [1.82, 2.24) is 9.80 Å². The van der Waals surface area contributed by atoms with Gasteiger partial charge in [-0.1, -0.05) is 18.2 Å². The predicted molar refractivity (Wildman–Crippen MR) is 79.8 cm³/mol. The van der Waals surface area contributed by atoms with E-state index in [4.69, 9.17) is 5.73 Å². The van der Waals surface area contributed by atoms with E-state index in [0.29, 0.717) is 44.7 Å². The molecule has 0 radical (unpaired) electrons. The first-order chi connectivity index (χ1) is 9.22. The minimum absolute atomic E-state index is 0. The summed E-state index contributed by atoms with van der Waals surface area (Å²) >= 11 is 0. The van der Waals surface area contributed by atoms with E-state index in [2.05, 4.69) is 0 Å². The van der Waals surface area contributed by atoms with Crippen molar-refractivity contribution in [1.29, 1.82) is 0 Å². The number of hydrogen-bond acceptors (Lipinski definition) is 3. The van der Waals surface area contributed by atoms with Crippen molar-refractivity contribution in [2.75, 3.05) is 32.7 Å². The van der Waals surface area contributed by atoms with Gasteiger partial charge in [0.25, 0.3) is 5.91 Å². The van der Waals surface area contributed by atoms with Gasteiger partial charge in [0.15, 0.2) is 0 Å². The van der Waals surface area contributed by atoms with Crippen molar-refractivity contribution in [3.05, 3.63) is 35.9 Å². The van der Waals surface area contributed by atoms with E-state index in [0.717, 1.165) is 0 Å². The smallest absolute Gasteiger partial charge is 0.253 e. The van der Waals surface area contributed by atoms with Crippen molar-refractivity contribution in [3.8, 4) is 0 Å². The summed E-state index contributed by atoms with van der Waals surface area (Å²) < 4.78 is 0. The van der Waals surface area contributed by atoms with Crippen LogP contribution in [0.25, 0.3) is 0 Å². The first kappa shape index (κ1) is 16.5. The Kier molecular flexibility index (Phi) is 6.48. The lowest BCUT2D eigenvalue weighted by molar-refractivity contribution is -0.132. The molecule has 0 spiro atoms. The number of benzene rings is 1. The third-order valence-corrected chi connectivity index (χ3v) is 3.30. The summed E-state index contributed by atoms with van der Waals surface area (Å²) in [6.45, 7) is 2.74. The van der Waals surface area contributed by atoms with E-state index in [9.17, 15) is 9.59 Å². The van der Waals surface area contributed by atoms with Crippen LogP contribution in [-0.4, -0.2) is 54.3 Å². The van der Waals surface area contributed by atoms with E-state index >= 15 is 0 Å². The number of amides is 2. The van der Waals surface area contributed by atoms with Crippen LogP contribution in [0.15, 0.2) is 30.3 Å². The van der Waals surface area contributed by atoms with Gasteiger partial charge in [-0.2, -0.15) is 0 Å². The zero-order valence-corrected chi connectivity index (χ0v) is 12.1. The lowest BCUT2D eigenvalue weighted by atomic mass is 10.2. The molecule has 0 saturated carbocycles. The van der Waals surface area contributed by atoms with Crippen LogP contribution in [0.1, 0.15) is 16.8 Å². The van der Waals surface area contributed by atoms with Crippen molar-refractivity contribution in [3.63, 3.8) is 0 Å². The van der Waals surface area contributed by atoms with Crippen LogP contribution in [0.3, 0.4) is 0 Å². The minimum atomic E-state index is 0. The Bertz CT molecular complexity index is 445. The van der Waals surface area contributed by atoms with Crippen LogP contribution < -0.4 is 5.73 Å². The molecular formula is C14H20ClN3O2. The van der Waals surface area contributed by atoms with Gasteiger partial charge in [-0.15, -0.1) is 12.4 Å². The quantitative estimate of drug-likeness (QED) is 0.895. The SMILES string of the molecule is Cl.NCCC(=O)N1CCN(C(=O)c2ccccc2)CC1. The number of hydrogen-bond donors (Lipinski definition) is 1. The van der Waals surface area contributed by atoms with Crippen molar-refractivity contribution in [2.45, 2.75) is 6.42 Å². The number of nitrogens with two attached hydrogens (primary N) is 1. The Morgan fingerprint density at radius 1 is 1.00 bits per heavy atom. The monoisotopic (exact) mass is 297 g/mol. The average molecular weight is 298 g/mol. The van der Waals surface area contributed by atoms with Crippen molar-refractivity contribution >= 4 is 24.2 Å². The molecule has 0 bridgehead atoms. The van der Waals surface area contributed by atoms with Gasteiger partial charge in [-0.05, 0) is 12.1 Å². The number of nitrogens with zero attached hydrogens (tertiary/aromatic N) is 2. The maximum absolute atomic E-state index is 12.2. The lowest BCUT2D eigenvalue weighted by Crippen LogP contribution is -2.50. The normalized spacial score (nSPS) is 14.7. The molecule has 1 saturated heterocycles. The molecule has 1 aromatic rings. The van der Waals surface area contributed by atoms with Crippen LogP contribution in [0.4, 0.5) is 0 Å². The highest BCUT2D eigenvalue weighted by molar-refractivity contribution is 5.94. The Morgan fingerprint density at radius 3 is 2.10 bits per heavy atom. The van der Waals surface area contributed by atoms with Gasteiger partial charge in [-0.25, -0.2) is 0 Å². The third kappa shape index (κ3) is 3.95. The van der Waals surface area contributed by atoms with Gasteiger partial charge in [0.1, 0.15) is 0 Å². The van der Waals surface area contributed by atoms with Crippen LogP contribution >= 0.6 is 12.4 Å². The van der Waals surface area contributed by atoms with Gasteiger partial charge in [0.05, 0.1) is 0 Å². The van der Waals surface area contributed by atoms with Crippen molar-refractivity contribution < 1.29 is 9.59 Å². The Hall–Kier alpha value is -1.59. The molecule has 110 valence electrons. The molecule has 6 heteroatoms. The molecule has 2 amide bonds. The molecule has 2 N–H and O–H groups in total. The molecule has 1 heterocycles. The standard InChI is InChI=1S/C14H19N3O2.ClH/c15-7-6-13(18)16-8-10-17(11-9-16)14(19)12-4-2-1-3-5-12;/h1-5H,6-11,15H2;1H. The molecule has 20 heavy (non-hydrogen) atoms. The second-order valence-corrected chi connectivity index (χ2v) is 4.58. The highest BCUT2D eigenvalue weighted by atomic mass is 35.5. The number of halogens is 1. The highest BCUT2D eigenvalue weighted by Crippen LogP contribution is 2.09. The van der Waals surface area contributed by atoms with Gasteiger partial charge in [0, 0.05) is 44.7 Å². The summed E-state index contributed by atoms with van der Waals surface area (Å²) in [7, 11) is 0. The molecule has 1 aliphatic rings. The van der Waals surface area contributed by atoms with E-state index < -0.39 is 0 Å². The molecule has 1 fully saturated rings. The third-order valence-electron chi connectivity index (χ3n) is 3.30. The van der Waals surface area contributed by atoms with Crippen LogP contribution in [0, 0.1) is 0 Å². The molecule has 1 aliphatic heterocycles. The molecular weight excluding hydrogens is 278 g/mol. The van der Waals surface area contributed by atoms with Gasteiger partial charge < -0.3 is 15.5 Å². The topological polar surface area (TPSA) is 66.6 Å². The largest absolute Gasteiger partial charge is 0.339 e. The second-order valence-electron chi connectivity index (χ2n) is 4.58. The van der Waals surface area contributed by atoms with E-state index in [1.165, 1.54) is 0 Å². The van der Waals surface area contributed by atoms with E-state index in [1.54, 1.807) is 9.80 Å². The van der Waals surface area contributed by atoms with Gasteiger partial charge >= 0.3 is 0 Å². The Morgan fingerprint density at radius 2 is 1.55 bits per heavy atom. The van der Waals surface area contributed by atoms with Crippen LogP contribution in [0.2, 0.25) is 0 Å². The summed E-state index contributed by atoms with van der Waals surface area (Å²) in [5, 5.41) is 0. The number of rotatable bonds is 3. The molecule has 1 aromatic carbocycles. The number of carbonyl (C=O) groups excluding carboxylic acids is 2. The lowest BCUT2D eigenvalue weighted by Gasteiger charge is -2.34. The molecule has 2 rings (SSSR count). The predicted octanol–water partition coefficient (Wildman–Crippen LogP) is 0.742. The fourth-order valence-corrected chi connectivity index (χ4v) is 2.20. The highest BCUT2D eigenvalue weighted by Gasteiger charge is 2.24. The molecule has 0 unspecified atom stereocenters.